The van der Waals surface area contributed by atoms with E-state index >= 15 is 0 Å². The molecule has 1 atom stereocenters. The number of rotatable bonds is 61. The number of allylic oxidation sites excluding steroid dienone is 18. The molecule has 0 saturated heterocycles. The lowest BCUT2D eigenvalue weighted by Gasteiger charge is -2.18. The summed E-state index contributed by atoms with van der Waals surface area (Å²) in [4.78, 5) is 38.3. The summed E-state index contributed by atoms with van der Waals surface area (Å²) in [5.74, 6) is -1.01. The zero-order valence-corrected chi connectivity index (χ0v) is 52.6. The van der Waals surface area contributed by atoms with Gasteiger partial charge < -0.3 is 14.2 Å². The standard InChI is InChI=1S/C74H126O6/c1-4-7-10-13-16-19-22-25-28-30-31-32-33-34-35-36-37-38-39-40-41-42-44-46-49-52-55-58-61-64-67-73(76)79-70-71(69-78-72(75)66-63-60-57-54-51-48-45-27-24-21-18-15-12-9-6-3)80-74(77)68-65-62-59-56-53-50-47-43-29-26-23-20-17-14-11-8-5-2/h8-9,11-12,17-18,20-21,26-27,29,45,47,50-51,54,56,59,71H,4-7,10,13-16,19,22-25,28,30-44,46,48-49,52-53,55,57-58,60-70H2,1-3H3/b11-8-,12-9-,20-17-,21-18-,29-26-,45-27-,50-47-,54-51-,59-56-. The molecule has 0 aromatic rings. The molecular formula is C74H126O6. The van der Waals surface area contributed by atoms with Crippen molar-refractivity contribution >= 4 is 17.9 Å². The minimum atomic E-state index is -0.827. The molecule has 80 heavy (non-hydrogen) atoms. The van der Waals surface area contributed by atoms with Gasteiger partial charge in [-0.3, -0.25) is 14.4 Å². The first-order chi connectivity index (χ1) is 39.5. The molecule has 0 rings (SSSR count). The van der Waals surface area contributed by atoms with Gasteiger partial charge in [-0.25, -0.2) is 0 Å². The summed E-state index contributed by atoms with van der Waals surface area (Å²) < 4.78 is 16.8. The Bertz CT molecular complexity index is 1610. The molecule has 0 saturated carbocycles. The van der Waals surface area contributed by atoms with Gasteiger partial charge in [0, 0.05) is 19.3 Å². The lowest BCUT2D eigenvalue weighted by molar-refractivity contribution is -0.167. The molecule has 0 fully saturated rings. The van der Waals surface area contributed by atoms with Gasteiger partial charge in [0.1, 0.15) is 13.2 Å². The maximum atomic E-state index is 12.9. The minimum Gasteiger partial charge on any atom is -0.462 e. The average Bonchev–Trinajstić information content (AvgIpc) is 3.46. The number of hydrogen-bond acceptors (Lipinski definition) is 6. The summed E-state index contributed by atoms with van der Waals surface area (Å²) in [7, 11) is 0. The van der Waals surface area contributed by atoms with Crippen molar-refractivity contribution in [2.75, 3.05) is 13.2 Å². The Labute approximate surface area is 495 Å². The Morgan fingerprint density at radius 1 is 0.263 bits per heavy atom. The molecule has 458 valence electrons. The van der Waals surface area contributed by atoms with Crippen molar-refractivity contribution in [3.8, 4) is 0 Å². The van der Waals surface area contributed by atoms with Crippen molar-refractivity contribution < 1.29 is 28.6 Å². The second-order valence-electron chi connectivity index (χ2n) is 22.3. The molecule has 0 aliphatic carbocycles. The monoisotopic (exact) mass is 1110 g/mol. The summed E-state index contributed by atoms with van der Waals surface area (Å²) in [6.07, 6.45) is 92.8. The molecule has 0 N–H and O–H groups in total. The number of carbonyl (C=O) groups is 3. The van der Waals surface area contributed by atoms with Gasteiger partial charge in [-0.1, -0.05) is 316 Å². The van der Waals surface area contributed by atoms with Gasteiger partial charge in [-0.05, 0) is 96.3 Å². The van der Waals surface area contributed by atoms with E-state index in [1.54, 1.807) is 0 Å². The molecule has 0 amide bonds. The zero-order chi connectivity index (χ0) is 57.8. The van der Waals surface area contributed by atoms with E-state index in [0.29, 0.717) is 25.7 Å². The lowest BCUT2D eigenvalue weighted by atomic mass is 10.0. The predicted molar refractivity (Wildman–Crippen MR) is 348 cm³/mol. The summed E-state index contributed by atoms with van der Waals surface area (Å²) in [5.41, 5.74) is 0. The van der Waals surface area contributed by atoms with Gasteiger partial charge in [0.2, 0.25) is 0 Å². The van der Waals surface area contributed by atoms with E-state index < -0.39 is 6.10 Å². The van der Waals surface area contributed by atoms with Crippen molar-refractivity contribution in [1.82, 2.24) is 0 Å². The van der Waals surface area contributed by atoms with Crippen molar-refractivity contribution in [3.05, 3.63) is 109 Å². The third-order valence-corrected chi connectivity index (χ3v) is 14.5. The summed E-state index contributed by atoms with van der Waals surface area (Å²) in [6, 6.07) is 0. The molecule has 0 spiro atoms. The normalized spacial score (nSPS) is 12.8. The highest BCUT2D eigenvalue weighted by molar-refractivity contribution is 5.71. The van der Waals surface area contributed by atoms with E-state index in [4.69, 9.17) is 14.2 Å². The van der Waals surface area contributed by atoms with Crippen LogP contribution in [-0.4, -0.2) is 37.2 Å². The van der Waals surface area contributed by atoms with Crippen LogP contribution in [0.15, 0.2) is 109 Å². The van der Waals surface area contributed by atoms with Crippen LogP contribution in [0.2, 0.25) is 0 Å². The van der Waals surface area contributed by atoms with Gasteiger partial charge in [0.25, 0.3) is 0 Å². The van der Waals surface area contributed by atoms with Crippen LogP contribution in [0.1, 0.15) is 323 Å². The molecule has 0 aliphatic heterocycles. The highest BCUT2D eigenvalue weighted by Gasteiger charge is 2.19. The number of carbonyl (C=O) groups excluding carboxylic acids is 3. The number of esters is 3. The largest absolute Gasteiger partial charge is 0.462 e. The Balaban J connectivity index is 4.29. The fourth-order valence-electron chi connectivity index (χ4n) is 9.53. The SMILES string of the molecule is CC/C=C\C/C=C\C/C=C\C/C=C\C/C=C\CCCC(=O)OC(COC(=O)CCCC/C=C\C/C=C\C/C=C\C/C=C\CC)COC(=O)CCCCCCCCCCCCCCCCCCCCCCCCCCCCCCCC. The molecule has 0 radical (unpaired) electrons. The first kappa shape index (κ1) is 76.1. The van der Waals surface area contributed by atoms with E-state index in [1.807, 2.05) is 0 Å². The molecule has 0 heterocycles. The first-order valence-corrected chi connectivity index (χ1v) is 33.9. The highest BCUT2D eigenvalue weighted by Crippen LogP contribution is 2.18. The van der Waals surface area contributed by atoms with Crippen LogP contribution in [0.3, 0.4) is 0 Å². The number of ether oxygens (including phenoxy) is 3. The van der Waals surface area contributed by atoms with Gasteiger partial charge in [-0.15, -0.1) is 0 Å². The van der Waals surface area contributed by atoms with Gasteiger partial charge in [0.05, 0.1) is 0 Å². The second kappa shape index (κ2) is 67.6. The van der Waals surface area contributed by atoms with Gasteiger partial charge >= 0.3 is 17.9 Å². The Morgan fingerprint density at radius 2 is 0.500 bits per heavy atom. The van der Waals surface area contributed by atoms with Crippen LogP contribution >= 0.6 is 0 Å². The third-order valence-electron chi connectivity index (χ3n) is 14.5. The molecule has 1 unspecified atom stereocenters. The van der Waals surface area contributed by atoms with Crippen LogP contribution in [0.5, 0.6) is 0 Å². The molecule has 6 nitrogen and oxygen atoms in total. The third kappa shape index (κ3) is 64.9. The van der Waals surface area contributed by atoms with Crippen molar-refractivity contribution in [1.29, 1.82) is 0 Å². The second-order valence-corrected chi connectivity index (χ2v) is 22.3. The number of hydrogen-bond donors (Lipinski definition) is 0. The lowest BCUT2D eigenvalue weighted by Crippen LogP contribution is -2.30. The summed E-state index contributed by atoms with van der Waals surface area (Å²) in [6.45, 7) is 6.36. The van der Waals surface area contributed by atoms with E-state index in [0.717, 1.165) is 96.3 Å². The van der Waals surface area contributed by atoms with Crippen LogP contribution in [0.25, 0.3) is 0 Å². The molecule has 0 aromatic carbocycles. The highest BCUT2D eigenvalue weighted by atomic mass is 16.6. The fourth-order valence-corrected chi connectivity index (χ4v) is 9.53. The van der Waals surface area contributed by atoms with Gasteiger partial charge in [0.15, 0.2) is 6.10 Å². The Hall–Kier alpha value is -3.93. The van der Waals surface area contributed by atoms with Crippen LogP contribution in [0.4, 0.5) is 0 Å². The van der Waals surface area contributed by atoms with E-state index in [2.05, 4.69) is 130 Å². The first-order valence-electron chi connectivity index (χ1n) is 33.9. The topological polar surface area (TPSA) is 78.9 Å². The van der Waals surface area contributed by atoms with Crippen LogP contribution in [-0.2, 0) is 28.6 Å². The summed E-state index contributed by atoms with van der Waals surface area (Å²) in [5, 5.41) is 0. The molecule has 0 aliphatic rings. The van der Waals surface area contributed by atoms with Crippen LogP contribution in [0, 0.1) is 0 Å². The van der Waals surface area contributed by atoms with E-state index in [1.165, 1.54) is 173 Å². The number of unbranched alkanes of at least 4 members (excludes halogenated alkanes) is 32. The van der Waals surface area contributed by atoms with E-state index in [9.17, 15) is 14.4 Å². The molecule has 0 aromatic heterocycles. The van der Waals surface area contributed by atoms with Crippen molar-refractivity contribution in [2.24, 2.45) is 0 Å². The molecular weight excluding hydrogens is 985 g/mol. The molecule has 0 bridgehead atoms. The smallest absolute Gasteiger partial charge is 0.306 e. The Kier molecular flexibility index (Phi) is 64.3. The maximum absolute atomic E-state index is 12.9. The zero-order valence-electron chi connectivity index (χ0n) is 52.6. The van der Waals surface area contributed by atoms with Crippen LogP contribution < -0.4 is 0 Å². The predicted octanol–water partition coefficient (Wildman–Crippen LogP) is 23.4. The van der Waals surface area contributed by atoms with Gasteiger partial charge in [-0.2, -0.15) is 0 Å². The fraction of sp³-hybridized carbons (Fsp3) is 0.716. The van der Waals surface area contributed by atoms with E-state index in [-0.39, 0.29) is 37.5 Å². The van der Waals surface area contributed by atoms with Crippen molar-refractivity contribution in [2.45, 2.75) is 329 Å². The van der Waals surface area contributed by atoms with Crippen molar-refractivity contribution in [3.63, 3.8) is 0 Å². The average molecular weight is 1110 g/mol. The molecule has 6 heteroatoms. The quantitative estimate of drug-likeness (QED) is 0.0261. The summed E-state index contributed by atoms with van der Waals surface area (Å²) >= 11 is 0. The Morgan fingerprint density at radius 3 is 0.800 bits per heavy atom. The minimum absolute atomic E-state index is 0.113. The maximum Gasteiger partial charge on any atom is 0.306 e.